The molecule has 1 aromatic rings. The Labute approximate surface area is 116 Å². The summed E-state index contributed by atoms with van der Waals surface area (Å²) in [5.74, 6) is 0.650. The van der Waals surface area contributed by atoms with Crippen LogP contribution in [0.3, 0.4) is 0 Å². The van der Waals surface area contributed by atoms with Gasteiger partial charge >= 0.3 is 0 Å². The first-order chi connectivity index (χ1) is 8.35. The molecular weight excluding hydrogens is 296 g/mol. The molecule has 5 heteroatoms. The molecule has 0 amide bonds. The van der Waals surface area contributed by atoms with E-state index >= 15 is 0 Å². The summed E-state index contributed by atoms with van der Waals surface area (Å²) in [7, 11) is 0. The summed E-state index contributed by atoms with van der Waals surface area (Å²) >= 11 is 3.37. The zero-order valence-corrected chi connectivity index (χ0v) is 12.5. The SMILES string of the molecule is CC(C)(C)CCOc1cccc(Br)c1/C(N)=N/O. The summed E-state index contributed by atoms with van der Waals surface area (Å²) in [6, 6.07) is 5.48. The maximum absolute atomic E-state index is 8.78. The lowest BCUT2D eigenvalue weighted by molar-refractivity contribution is 0.242. The van der Waals surface area contributed by atoms with Crippen molar-refractivity contribution >= 4 is 21.8 Å². The third kappa shape index (κ3) is 4.22. The van der Waals surface area contributed by atoms with Gasteiger partial charge < -0.3 is 15.7 Å². The summed E-state index contributed by atoms with van der Waals surface area (Å²) < 4.78 is 6.46. The number of hydrogen-bond acceptors (Lipinski definition) is 3. The van der Waals surface area contributed by atoms with Gasteiger partial charge in [0.05, 0.1) is 12.2 Å². The van der Waals surface area contributed by atoms with Crippen LogP contribution in [-0.4, -0.2) is 17.6 Å². The molecule has 0 atom stereocenters. The minimum atomic E-state index is 0.0354. The van der Waals surface area contributed by atoms with Gasteiger partial charge in [0.1, 0.15) is 5.75 Å². The van der Waals surface area contributed by atoms with Crippen molar-refractivity contribution in [2.45, 2.75) is 27.2 Å². The fourth-order valence-electron chi connectivity index (χ4n) is 1.39. The molecule has 0 radical (unpaired) electrons. The molecule has 0 spiro atoms. The topological polar surface area (TPSA) is 67.8 Å². The number of rotatable bonds is 4. The van der Waals surface area contributed by atoms with Gasteiger partial charge in [-0.1, -0.05) is 32.0 Å². The van der Waals surface area contributed by atoms with Crippen molar-refractivity contribution in [3.05, 3.63) is 28.2 Å². The molecule has 0 aliphatic heterocycles. The van der Waals surface area contributed by atoms with Crippen LogP contribution in [0.15, 0.2) is 27.8 Å². The van der Waals surface area contributed by atoms with Crippen LogP contribution in [0.4, 0.5) is 0 Å². The molecule has 100 valence electrons. The summed E-state index contributed by atoms with van der Waals surface area (Å²) in [5, 5.41) is 11.8. The molecular formula is C13H19BrN2O2. The van der Waals surface area contributed by atoms with E-state index in [0.717, 1.165) is 10.9 Å². The molecule has 0 aromatic heterocycles. The third-order valence-electron chi connectivity index (χ3n) is 2.45. The first kappa shape index (κ1) is 14.8. The highest BCUT2D eigenvalue weighted by atomic mass is 79.9. The van der Waals surface area contributed by atoms with E-state index in [-0.39, 0.29) is 11.3 Å². The number of nitrogens with two attached hydrogens (primary N) is 1. The van der Waals surface area contributed by atoms with Crippen molar-refractivity contribution in [2.75, 3.05) is 6.61 Å². The fraction of sp³-hybridized carbons (Fsp3) is 0.462. The van der Waals surface area contributed by atoms with Crippen molar-refractivity contribution in [3.63, 3.8) is 0 Å². The molecule has 4 nitrogen and oxygen atoms in total. The Bertz CT molecular complexity index is 439. The minimum Gasteiger partial charge on any atom is -0.493 e. The van der Waals surface area contributed by atoms with Crippen LogP contribution in [0, 0.1) is 5.41 Å². The molecule has 0 fully saturated rings. The van der Waals surface area contributed by atoms with E-state index in [1.807, 2.05) is 12.1 Å². The molecule has 3 N–H and O–H groups in total. The van der Waals surface area contributed by atoms with Crippen LogP contribution in [0.5, 0.6) is 5.75 Å². The lowest BCUT2D eigenvalue weighted by atomic mass is 9.93. The number of hydrogen-bond donors (Lipinski definition) is 2. The second-order valence-electron chi connectivity index (χ2n) is 5.26. The highest BCUT2D eigenvalue weighted by Crippen LogP contribution is 2.27. The van der Waals surface area contributed by atoms with Gasteiger partial charge in [-0.05, 0) is 39.9 Å². The van der Waals surface area contributed by atoms with Gasteiger partial charge in [0, 0.05) is 4.47 Å². The number of halogens is 1. The predicted molar refractivity (Wildman–Crippen MR) is 76.2 cm³/mol. The van der Waals surface area contributed by atoms with Crippen molar-refractivity contribution < 1.29 is 9.94 Å². The van der Waals surface area contributed by atoms with Crippen LogP contribution < -0.4 is 10.5 Å². The highest BCUT2D eigenvalue weighted by Gasteiger charge is 2.14. The van der Waals surface area contributed by atoms with Gasteiger partial charge in [0.25, 0.3) is 0 Å². The summed E-state index contributed by atoms with van der Waals surface area (Å²) in [5.41, 5.74) is 6.43. The minimum absolute atomic E-state index is 0.0354. The first-order valence-corrected chi connectivity index (χ1v) is 6.53. The lowest BCUT2D eigenvalue weighted by Crippen LogP contribution is -2.17. The fourth-order valence-corrected chi connectivity index (χ4v) is 1.94. The van der Waals surface area contributed by atoms with Crippen LogP contribution in [0.25, 0.3) is 0 Å². The van der Waals surface area contributed by atoms with E-state index in [1.54, 1.807) is 6.07 Å². The first-order valence-electron chi connectivity index (χ1n) is 5.74. The van der Waals surface area contributed by atoms with Crippen LogP contribution in [-0.2, 0) is 0 Å². The second-order valence-corrected chi connectivity index (χ2v) is 6.11. The van der Waals surface area contributed by atoms with E-state index < -0.39 is 0 Å². The summed E-state index contributed by atoms with van der Waals surface area (Å²) in [4.78, 5) is 0. The van der Waals surface area contributed by atoms with Crippen LogP contribution in [0.2, 0.25) is 0 Å². The van der Waals surface area contributed by atoms with Gasteiger partial charge in [-0.15, -0.1) is 0 Å². The van der Waals surface area contributed by atoms with E-state index in [2.05, 4.69) is 41.9 Å². The molecule has 0 saturated carbocycles. The normalized spacial score (nSPS) is 12.6. The number of amidine groups is 1. The number of ether oxygens (including phenoxy) is 1. The Balaban J connectivity index is 2.86. The van der Waals surface area contributed by atoms with E-state index in [1.165, 1.54) is 0 Å². The molecule has 0 aliphatic rings. The zero-order chi connectivity index (χ0) is 13.8. The molecule has 0 heterocycles. The van der Waals surface area contributed by atoms with E-state index in [9.17, 15) is 0 Å². The lowest BCUT2D eigenvalue weighted by Gasteiger charge is -2.19. The molecule has 1 rings (SSSR count). The van der Waals surface area contributed by atoms with Gasteiger partial charge in [-0.3, -0.25) is 0 Å². The highest BCUT2D eigenvalue weighted by molar-refractivity contribution is 9.10. The smallest absolute Gasteiger partial charge is 0.174 e. The molecule has 0 saturated heterocycles. The van der Waals surface area contributed by atoms with Crippen molar-refractivity contribution in [1.29, 1.82) is 0 Å². The van der Waals surface area contributed by atoms with Crippen LogP contribution >= 0.6 is 15.9 Å². The van der Waals surface area contributed by atoms with E-state index in [4.69, 9.17) is 15.7 Å². The van der Waals surface area contributed by atoms with Crippen LogP contribution in [0.1, 0.15) is 32.8 Å². The average molecular weight is 315 g/mol. The summed E-state index contributed by atoms with van der Waals surface area (Å²) in [6.45, 7) is 7.05. The Morgan fingerprint density at radius 3 is 2.67 bits per heavy atom. The number of benzene rings is 1. The van der Waals surface area contributed by atoms with Gasteiger partial charge in [-0.25, -0.2) is 0 Å². The molecule has 18 heavy (non-hydrogen) atoms. The third-order valence-corrected chi connectivity index (χ3v) is 3.11. The Morgan fingerprint density at radius 2 is 2.11 bits per heavy atom. The quantitative estimate of drug-likeness (QED) is 0.387. The Morgan fingerprint density at radius 1 is 1.44 bits per heavy atom. The second kappa shape index (κ2) is 6.09. The largest absolute Gasteiger partial charge is 0.493 e. The van der Waals surface area contributed by atoms with Gasteiger partial charge in [0.2, 0.25) is 0 Å². The maximum atomic E-state index is 8.78. The Kier molecular flexibility index (Phi) is 5.02. The predicted octanol–water partition coefficient (Wildman–Crippen LogP) is 3.36. The van der Waals surface area contributed by atoms with E-state index in [0.29, 0.717) is 17.9 Å². The molecule has 0 aliphatic carbocycles. The molecule has 1 aromatic carbocycles. The average Bonchev–Trinajstić information content (AvgIpc) is 2.26. The molecule has 0 bridgehead atoms. The van der Waals surface area contributed by atoms with Gasteiger partial charge in [0.15, 0.2) is 5.84 Å². The number of nitrogens with zero attached hydrogens (tertiary/aromatic N) is 1. The van der Waals surface area contributed by atoms with Crippen molar-refractivity contribution in [2.24, 2.45) is 16.3 Å². The maximum Gasteiger partial charge on any atom is 0.174 e. The Hall–Kier alpha value is -1.23. The zero-order valence-electron chi connectivity index (χ0n) is 10.9. The monoisotopic (exact) mass is 314 g/mol. The van der Waals surface area contributed by atoms with Crippen molar-refractivity contribution in [1.82, 2.24) is 0 Å². The summed E-state index contributed by atoms with van der Waals surface area (Å²) in [6.07, 6.45) is 0.926. The molecule has 0 unspecified atom stereocenters. The number of oxime groups is 1. The van der Waals surface area contributed by atoms with Crippen molar-refractivity contribution in [3.8, 4) is 5.75 Å². The standard InChI is InChI=1S/C13H19BrN2O2/c1-13(2,3)7-8-18-10-6-4-5-9(14)11(10)12(15)16-17/h4-6,17H,7-8H2,1-3H3,(H2,15,16). The van der Waals surface area contributed by atoms with Gasteiger partial charge in [-0.2, -0.15) is 0 Å².